The summed E-state index contributed by atoms with van der Waals surface area (Å²) in [6, 6.07) is 13.0. The molecule has 0 aliphatic rings. The van der Waals surface area contributed by atoms with Crippen LogP contribution in [-0.2, 0) is 7.05 Å². The van der Waals surface area contributed by atoms with Crippen LogP contribution >= 0.6 is 0 Å². The van der Waals surface area contributed by atoms with Crippen molar-refractivity contribution < 1.29 is 18.6 Å². The van der Waals surface area contributed by atoms with Crippen molar-refractivity contribution in [2.45, 2.75) is 0 Å². The molecule has 0 unspecified atom stereocenters. The van der Waals surface area contributed by atoms with Gasteiger partial charge in [-0.05, 0) is 42.0 Å². The van der Waals surface area contributed by atoms with Crippen LogP contribution in [0.2, 0.25) is 0 Å². The lowest BCUT2D eigenvalue weighted by Gasteiger charge is -2.13. The molecule has 1 N–H and O–H groups in total. The molecule has 0 atom stereocenters. The summed E-state index contributed by atoms with van der Waals surface area (Å²) in [4.78, 5) is 25.7. The minimum atomic E-state index is -0.637. The average Bonchev–Trinajstić information content (AvgIpc) is 2.92. The van der Waals surface area contributed by atoms with Gasteiger partial charge in [-0.2, -0.15) is 0 Å². The van der Waals surface area contributed by atoms with Gasteiger partial charge in [0.2, 0.25) is 5.95 Å². The summed E-state index contributed by atoms with van der Waals surface area (Å²) in [5.41, 5.74) is 1.56. The van der Waals surface area contributed by atoms with Crippen LogP contribution in [0, 0.1) is 5.82 Å². The van der Waals surface area contributed by atoms with Crippen LogP contribution in [0.1, 0.15) is 0 Å². The highest BCUT2D eigenvalue weighted by Gasteiger charge is 2.15. The van der Waals surface area contributed by atoms with E-state index in [0.717, 1.165) is 0 Å². The van der Waals surface area contributed by atoms with Gasteiger partial charge in [0, 0.05) is 37.1 Å². The molecule has 9 nitrogen and oxygen atoms in total. The molecule has 0 radical (unpaired) electrons. The van der Waals surface area contributed by atoms with Crippen LogP contribution in [-0.4, -0.2) is 33.7 Å². The maximum atomic E-state index is 15.2. The number of aromatic nitrogens is 4. The van der Waals surface area contributed by atoms with Gasteiger partial charge in [0.1, 0.15) is 5.75 Å². The molecule has 0 bridgehead atoms. The van der Waals surface area contributed by atoms with Gasteiger partial charge >= 0.3 is 0 Å². The highest BCUT2D eigenvalue weighted by molar-refractivity contribution is 5.88. The van der Waals surface area contributed by atoms with E-state index in [2.05, 4.69) is 20.3 Å². The molecule has 5 aromatic rings. The lowest BCUT2D eigenvalue weighted by atomic mass is 10.1. The molecule has 2 aromatic carbocycles. The van der Waals surface area contributed by atoms with Crippen molar-refractivity contribution in [3.05, 3.63) is 89.5 Å². The molecule has 5 rings (SSSR count). The first-order valence-corrected chi connectivity index (χ1v) is 11.2. The second-order valence-corrected chi connectivity index (χ2v) is 8.01. The third-order valence-corrected chi connectivity index (χ3v) is 5.76. The Labute approximate surface area is 211 Å². The highest BCUT2D eigenvalue weighted by atomic mass is 19.1. The quantitative estimate of drug-likeness (QED) is 0.331. The van der Waals surface area contributed by atoms with Crippen LogP contribution in [0.3, 0.4) is 0 Å². The van der Waals surface area contributed by atoms with Crippen LogP contribution in [0.5, 0.6) is 23.0 Å². The molecule has 186 valence electrons. The molecule has 0 saturated heterocycles. The number of halogens is 1. The summed E-state index contributed by atoms with van der Waals surface area (Å²) in [6.07, 6.45) is 6.24. The summed E-state index contributed by atoms with van der Waals surface area (Å²) >= 11 is 0. The van der Waals surface area contributed by atoms with Gasteiger partial charge in [-0.3, -0.25) is 19.3 Å². The van der Waals surface area contributed by atoms with Crippen LogP contribution in [0.15, 0.2) is 78.1 Å². The molecule has 3 aromatic heterocycles. The number of hydrogen-bond donors (Lipinski definition) is 1. The average molecular weight is 500 g/mol. The van der Waals surface area contributed by atoms with Gasteiger partial charge in [-0.15, -0.1) is 0 Å². The minimum absolute atomic E-state index is 0.00863. The molecule has 0 aliphatic carbocycles. The summed E-state index contributed by atoms with van der Waals surface area (Å²) < 4.78 is 33.1. The Bertz CT molecular complexity index is 1660. The van der Waals surface area contributed by atoms with Crippen molar-refractivity contribution in [2.75, 3.05) is 19.5 Å². The van der Waals surface area contributed by atoms with Gasteiger partial charge in [-0.1, -0.05) is 6.07 Å². The zero-order valence-corrected chi connectivity index (χ0v) is 20.2. The Hall–Kier alpha value is -4.99. The Morgan fingerprint density at radius 1 is 0.892 bits per heavy atom. The molecule has 0 aliphatic heterocycles. The van der Waals surface area contributed by atoms with E-state index >= 15 is 4.39 Å². The van der Waals surface area contributed by atoms with Gasteiger partial charge in [0.05, 0.1) is 37.2 Å². The van der Waals surface area contributed by atoms with E-state index < -0.39 is 5.82 Å². The second-order valence-electron chi connectivity index (χ2n) is 8.01. The molecule has 3 heterocycles. The Morgan fingerprint density at radius 2 is 1.70 bits per heavy atom. The third-order valence-electron chi connectivity index (χ3n) is 5.76. The first-order chi connectivity index (χ1) is 18.0. The zero-order valence-electron chi connectivity index (χ0n) is 20.2. The number of fused-ring (bicyclic) bond motifs is 1. The lowest BCUT2D eigenvalue weighted by Crippen LogP contribution is -2.22. The van der Waals surface area contributed by atoms with Gasteiger partial charge in [0.25, 0.3) is 5.56 Å². The van der Waals surface area contributed by atoms with E-state index in [1.807, 2.05) is 0 Å². The smallest absolute Gasteiger partial charge is 0.262 e. The standard InChI is InChI=1S/C27H22FN5O4/c1-33-26(34)19(15-31-27(33)32-17-5-4-9-29-14-17)16-6-7-23(20(28)11-16)37-22-8-10-30-21-13-25(36-3)24(35-2)12-18(21)22/h4-15H,1-3H3,(H,31,32). The number of hydrogen-bond acceptors (Lipinski definition) is 8. The Morgan fingerprint density at radius 3 is 2.43 bits per heavy atom. The van der Waals surface area contributed by atoms with Crippen molar-refractivity contribution in [3.63, 3.8) is 0 Å². The van der Waals surface area contributed by atoms with E-state index in [4.69, 9.17) is 14.2 Å². The number of rotatable bonds is 7. The number of ether oxygens (including phenoxy) is 3. The Balaban J connectivity index is 1.45. The number of nitrogens with zero attached hydrogens (tertiary/aromatic N) is 4. The number of methoxy groups -OCH3 is 2. The fourth-order valence-corrected chi connectivity index (χ4v) is 3.83. The minimum Gasteiger partial charge on any atom is -0.493 e. The van der Waals surface area contributed by atoms with Gasteiger partial charge in [-0.25, -0.2) is 9.37 Å². The number of nitrogens with one attached hydrogen (secondary N) is 1. The molecular weight excluding hydrogens is 477 g/mol. The fourth-order valence-electron chi connectivity index (χ4n) is 3.83. The number of anilines is 2. The maximum Gasteiger partial charge on any atom is 0.262 e. The largest absolute Gasteiger partial charge is 0.493 e. The van der Waals surface area contributed by atoms with Gasteiger partial charge < -0.3 is 19.5 Å². The zero-order chi connectivity index (χ0) is 25.9. The molecule has 0 saturated carbocycles. The molecule has 10 heteroatoms. The third kappa shape index (κ3) is 4.64. The fraction of sp³-hybridized carbons (Fsp3) is 0.111. The molecule has 37 heavy (non-hydrogen) atoms. The van der Waals surface area contributed by atoms with E-state index in [1.165, 1.54) is 37.1 Å². The van der Waals surface area contributed by atoms with Crippen molar-refractivity contribution in [3.8, 4) is 34.1 Å². The monoisotopic (exact) mass is 499 g/mol. The maximum absolute atomic E-state index is 15.2. The predicted octanol–water partition coefficient (Wildman–Crippen LogP) is 5.08. The van der Waals surface area contributed by atoms with E-state index in [1.54, 1.807) is 62.0 Å². The summed E-state index contributed by atoms with van der Waals surface area (Å²) in [7, 11) is 4.65. The van der Waals surface area contributed by atoms with Crippen molar-refractivity contribution >= 4 is 22.5 Å². The van der Waals surface area contributed by atoms with Crippen LogP contribution < -0.4 is 25.1 Å². The second kappa shape index (κ2) is 9.94. The van der Waals surface area contributed by atoms with Crippen molar-refractivity contribution in [1.82, 2.24) is 19.5 Å². The molecule has 0 amide bonds. The first-order valence-electron chi connectivity index (χ1n) is 11.2. The normalized spacial score (nSPS) is 10.8. The topological polar surface area (TPSA) is 100 Å². The van der Waals surface area contributed by atoms with E-state index in [9.17, 15) is 4.79 Å². The predicted molar refractivity (Wildman–Crippen MR) is 137 cm³/mol. The van der Waals surface area contributed by atoms with Crippen LogP contribution in [0.4, 0.5) is 16.0 Å². The van der Waals surface area contributed by atoms with Crippen molar-refractivity contribution in [1.29, 1.82) is 0 Å². The summed E-state index contributed by atoms with van der Waals surface area (Å²) in [5.74, 6) is 1.09. The van der Waals surface area contributed by atoms with Gasteiger partial charge in [0.15, 0.2) is 23.1 Å². The lowest BCUT2D eigenvalue weighted by molar-refractivity contribution is 0.355. The summed E-state index contributed by atoms with van der Waals surface area (Å²) in [6.45, 7) is 0. The van der Waals surface area contributed by atoms with Crippen molar-refractivity contribution in [2.24, 2.45) is 7.05 Å². The SMILES string of the molecule is COc1cc2nccc(Oc3ccc(-c4cnc(Nc5cccnc5)n(C)c4=O)cc3F)c2cc1OC. The van der Waals surface area contributed by atoms with E-state index in [0.29, 0.717) is 45.4 Å². The molecule has 0 fully saturated rings. The molecular formula is C27H22FN5O4. The Kier molecular flexibility index (Phi) is 6.38. The van der Waals surface area contributed by atoms with Crippen LogP contribution in [0.25, 0.3) is 22.0 Å². The number of benzene rings is 2. The highest BCUT2D eigenvalue weighted by Crippen LogP contribution is 2.37. The first kappa shape index (κ1) is 23.7. The molecule has 0 spiro atoms. The van der Waals surface area contributed by atoms with E-state index in [-0.39, 0.29) is 16.9 Å². The number of pyridine rings is 2. The summed E-state index contributed by atoms with van der Waals surface area (Å²) in [5, 5.41) is 3.67.